The second-order valence-electron chi connectivity index (χ2n) is 6.80. The molecule has 1 aromatic carbocycles. The molecular formula is C18H27ClN2. The first kappa shape index (κ1) is 15.3. The molecule has 0 radical (unpaired) electrons. The Morgan fingerprint density at radius 2 is 2.05 bits per heavy atom. The van der Waals surface area contributed by atoms with E-state index in [0.717, 1.165) is 18.1 Å². The van der Waals surface area contributed by atoms with Gasteiger partial charge in [-0.05, 0) is 37.8 Å². The molecule has 2 atom stereocenters. The van der Waals surface area contributed by atoms with Crippen molar-refractivity contribution in [3.05, 3.63) is 34.9 Å². The second kappa shape index (κ2) is 6.28. The van der Waals surface area contributed by atoms with Gasteiger partial charge in [0.1, 0.15) is 0 Å². The van der Waals surface area contributed by atoms with Gasteiger partial charge >= 0.3 is 0 Å². The third-order valence-corrected chi connectivity index (χ3v) is 5.90. The molecule has 2 unspecified atom stereocenters. The molecule has 1 heterocycles. The van der Waals surface area contributed by atoms with Gasteiger partial charge in [-0.25, -0.2) is 0 Å². The fourth-order valence-corrected chi connectivity index (χ4v) is 4.49. The van der Waals surface area contributed by atoms with Crippen molar-refractivity contribution >= 4 is 11.6 Å². The number of rotatable bonds is 3. The van der Waals surface area contributed by atoms with E-state index >= 15 is 0 Å². The van der Waals surface area contributed by atoms with Crippen molar-refractivity contribution in [1.29, 1.82) is 0 Å². The first-order valence-corrected chi connectivity index (χ1v) is 8.78. The summed E-state index contributed by atoms with van der Waals surface area (Å²) in [6.07, 6.45) is 6.60. The second-order valence-corrected chi connectivity index (χ2v) is 7.21. The van der Waals surface area contributed by atoms with Crippen LogP contribution >= 0.6 is 11.6 Å². The van der Waals surface area contributed by atoms with E-state index in [9.17, 15) is 0 Å². The number of benzene rings is 1. The van der Waals surface area contributed by atoms with Crippen molar-refractivity contribution < 1.29 is 0 Å². The molecule has 1 saturated heterocycles. The van der Waals surface area contributed by atoms with Gasteiger partial charge in [0.25, 0.3) is 0 Å². The minimum atomic E-state index is 0.362. The van der Waals surface area contributed by atoms with Crippen molar-refractivity contribution in [2.75, 3.05) is 13.1 Å². The molecule has 1 saturated carbocycles. The Morgan fingerprint density at radius 1 is 1.33 bits per heavy atom. The third-order valence-electron chi connectivity index (χ3n) is 5.55. The molecule has 0 amide bonds. The van der Waals surface area contributed by atoms with E-state index in [1.165, 1.54) is 37.7 Å². The lowest BCUT2D eigenvalue weighted by Crippen LogP contribution is -2.63. The van der Waals surface area contributed by atoms with Gasteiger partial charge in [0, 0.05) is 35.7 Å². The van der Waals surface area contributed by atoms with Crippen LogP contribution in [0.15, 0.2) is 24.3 Å². The Hall–Kier alpha value is -0.570. The maximum absolute atomic E-state index is 6.44. The minimum absolute atomic E-state index is 0.362. The Kier molecular flexibility index (Phi) is 4.58. The monoisotopic (exact) mass is 306 g/mol. The summed E-state index contributed by atoms with van der Waals surface area (Å²) in [4.78, 5) is 2.70. The molecular weight excluding hydrogens is 280 g/mol. The summed E-state index contributed by atoms with van der Waals surface area (Å²) in [6, 6.07) is 9.33. The van der Waals surface area contributed by atoms with Gasteiger partial charge in [-0.2, -0.15) is 0 Å². The topological polar surface area (TPSA) is 15.3 Å². The SMILES string of the molecule is CCC1CNC2(CCCC2)CN1C(C)c1ccccc1Cl. The lowest BCUT2D eigenvalue weighted by Gasteiger charge is -2.49. The highest BCUT2D eigenvalue weighted by Gasteiger charge is 2.42. The fourth-order valence-electron chi connectivity index (χ4n) is 4.20. The standard InChI is InChI=1S/C18H27ClN2/c1-3-15-12-20-18(10-6-7-11-18)13-21(15)14(2)16-8-4-5-9-17(16)19/h4-5,8-9,14-15,20H,3,6-7,10-13H2,1-2H3. The molecule has 2 aliphatic rings. The highest BCUT2D eigenvalue weighted by molar-refractivity contribution is 6.31. The van der Waals surface area contributed by atoms with E-state index in [2.05, 4.69) is 36.2 Å². The summed E-state index contributed by atoms with van der Waals surface area (Å²) in [7, 11) is 0. The van der Waals surface area contributed by atoms with E-state index in [0.29, 0.717) is 17.6 Å². The zero-order valence-electron chi connectivity index (χ0n) is 13.2. The molecule has 3 rings (SSSR count). The molecule has 1 aliphatic carbocycles. The van der Waals surface area contributed by atoms with Gasteiger partial charge in [0.15, 0.2) is 0 Å². The van der Waals surface area contributed by atoms with Crippen LogP contribution in [0.2, 0.25) is 5.02 Å². The zero-order valence-corrected chi connectivity index (χ0v) is 14.0. The minimum Gasteiger partial charge on any atom is -0.308 e. The van der Waals surface area contributed by atoms with Crippen LogP contribution in [0.1, 0.15) is 57.6 Å². The van der Waals surface area contributed by atoms with Crippen LogP contribution in [0.25, 0.3) is 0 Å². The molecule has 1 aliphatic heterocycles. The summed E-state index contributed by atoms with van der Waals surface area (Å²) >= 11 is 6.44. The highest BCUT2D eigenvalue weighted by atomic mass is 35.5. The Morgan fingerprint density at radius 3 is 2.71 bits per heavy atom. The Bertz CT molecular complexity index is 482. The van der Waals surface area contributed by atoms with E-state index in [4.69, 9.17) is 11.6 Å². The van der Waals surface area contributed by atoms with Gasteiger partial charge in [0.2, 0.25) is 0 Å². The van der Waals surface area contributed by atoms with Crippen LogP contribution < -0.4 is 5.32 Å². The molecule has 1 spiro atoms. The molecule has 21 heavy (non-hydrogen) atoms. The molecule has 0 bridgehead atoms. The fraction of sp³-hybridized carbons (Fsp3) is 0.667. The average molecular weight is 307 g/mol. The van der Waals surface area contributed by atoms with Crippen LogP contribution in [0.5, 0.6) is 0 Å². The van der Waals surface area contributed by atoms with E-state index in [1.54, 1.807) is 0 Å². The number of hydrogen-bond acceptors (Lipinski definition) is 2. The molecule has 2 fully saturated rings. The van der Waals surface area contributed by atoms with Crippen molar-refractivity contribution in [2.24, 2.45) is 0 Å². The molecule has 1 N–H and O–H groups in total. The van der Waals surface area contributed by atoms with Gasteiger partial charge in [-0.3, -0.25) is 4.90 Å². The van der Waals surface area contributed by atoms with Crippen molar-refractivity contribution in [3.63, 3.8) is 0 Å². The van der Waals surface area contributed by atoms with E-state index in [-0.39, 0.29) is 0 Å². The lowest BCUT2D eigenvalue weighted by atomic mass is 9.89. The van der Waals surface area contributed by atoms with Crippen molar-refractivity contribution in [2.45, 2.75) is 63.6 Å². The number of nitrogens with one attached hydrogen (secondary N) is 1. The average Bonchev–Trinajstić information content (AvgIpc) is 2.95. The molecule has 0 aromatic heterocycles. The summed E-state index contributed by atoms with van der Waals surface area (Å²) in [5, 5.41) is 4.77. The van der Waals surface area contributed by atoms with Gasteiger partial charge in [-0.1, -0.05) is 49.6 Å². The number of hydrogen-bond donors (Lipinski definition) is 1. The predicted octanol–water partition coefficient (Wildman–Crippen LogP) is 4.40. The molecule has 3 heteroatoms. The summed E-state index contributed by atoms with van der Waals surface area (Å²) < 4.78 is 0. The zero-order chi connectivity index (χ0) is 14.9. The number of piperazine rings is 1. The summed E-state index contributed by atoms with van der Waals surface area (Å²) in [5.74, 6) is 0. The quantitative estimate of drug-likeness (QED) is 0.890. The van der Waals surface area contributed by atoms with Crippen LogP contribution in [0, 0.1) is 0 Å². The van der Waals surface area contributed by atoms with E-state index < -0.39 is 0 Å². The molecule has 1 aromatic rings. The third kappa shape index (κ3) is 2.99. The predicted molar refractivity (Wildman–Crippen MR) is 89.9 cm³/mol. The molecule has 116 valence electrons. The van der Waals surface area contributed by atoms with E-state index in [1.807, 2.05) is 12.1 Å². The van der Waals surface area contributed by atoms with Gasteiger partial charge < -0.3 is 5.32 Å². The van der Waals surface area contributed by atoms with Crippen LogP contribution in [-0.2, 0) is 0 Å². The highest BCUT2D eigenvalue weighted by Crippen LogP contribution is 2.38. The van der Waals surface area contributed by atoms with Gasteiger partial charge in [-0.15, -0.1) is 0 Å². The number of nitrogens with zero attached hydrogens (tertiary/aromatic N) is 1. The Balaban J connectivity index is 1.84. The first-order chi connectivity index (χ1) is 10.2. The molecule has 2 nitrogen and oxygen atoms in total. The smallest absolute Gasteiger partial charge is 0.0453 e. The first-order valence-electron chi connectivity index (χ1n) is 8.40. The largest absolute Gasteiger partial charge is 0.308 e. The Labute approximate surface area is 133 Å². The lowest BCUT2D eigenvalue weighted by molar-refractivity contribution is 0.0462. The van der Waals surface area contributed by atoms with Crippen LogP contribution in [-0.4, -0.2) is 29.6 Å². The van der Waals surface area contributed by atoms with Crippen molar-refractivity contribution in [3.8, 4) is 0 Å². The maximum Gasteiger partial charge on any atom is 0.0453 e. The van der Waals surface area contributed by atoms with Crippen LogP contribution in [0.4, 0.5) is 0 Å². The normalized spacial score (nSPS) is 27.1. The summed E-state index contributed by atoms with van der Waals surface area (Å²) in [6.45, 7) is 6.90. The van der Waals surface area contributed by atoms with Crippen LogP contribution in [0.3, 0.4) is 0 Å². The maximum atomic E-state index is 6.44. The van der Waals surface area contributed by atoms with Gasteiger partial charge in [0.05, 0.1) is 0 Å². The number of halogens is 1. The summed E-state index contributed by atoms with van der Waals surface area (Å²) in [5.41, 5.74) is 1.63. The van der Waals surface area contributed by atoms with Crippen molar-refractivity contribution in [1.82, 2.24) is 10.2 Å².